The lowest BCUT2D eigenvalue weighted by atomic mass is 10.1. The Hall–Kier alpha value is -0.810. The van der Waals surface area contributed by atoms with Crippen LogP contribution in [0.3, 0.4) is 0 Å². The molecule has 0 aliphatic carbocycles. The Labute approximate surface area is 89.6 Å². The molecule has 1 atom stereocenters. The Kier molecular flexibility index (Phi) is 6.51. The Morgan fingerprint density at radius 1 is 1.36 bits per heavy atom. The molecule has 0 aliphatic rings. The van der Waals surface area contributed by atoms with Crippen LogP contribution in [0.15, 0.2) is 0 Å². The van der Waals surface area contributed by atoms with Gasteiger partial charge < -0.3 is 16.2 Å². The van der Waals surface area contributed by atoms with Gasteiger partial charge in [-0.25, -0.2) is 0 Å². The minimum absolute atomic E-state index is 0. The summed E-state index contributed by atoms with van der Waals surface area (Å²) < 4.78 is 4.93. The quantitative estimate of drug-likeness (QED) is 0.658. The molecule has 0 unspecified atom stereocenters. The van der Waals surface area contributed by atoms with Crippen molar-refractivity contribution in [2.45, 2.75) is 38.8 Å². The monoisotopic (exact) mass is 224 g/mol. The molecule has 0 aromatic rings. The van der Waals surface area contributed by atoms with Crippen molar-refractivity contribution in [3.05, 3.63) is 0 Å². The molecule has 1 amide bonds. The standard InChI is InChI=1S/C8H16N2O3.ClH/c1-8(2,3)13-7(12)5(9)4-6(10)11;/h5H,4,9H2,1-3H3,(H2,10,11);1H/t5-;/m0./s1. The number of ether oxygens (including phenoxy) is 1. The first-order valence-electron chi connectivity index (χ1n) is 3.99. The molecule has 0 spiro atoms. The summed E-state index contributed by atoms with van der Waals surface area (Å²) in [5.41, 5.74) is 9.63. The van der Waals surface area contributed by atoms with Gasteiger partial charge in [0.2, 0.25) is 5.91 Å². The van der Waals surface area contributed by atoms with E-state index in [0.29, 0.717) is 0 Å². The van der Waals surface area contributed by atoms with Crippen LogP contribution in [-0.2, 0) is 14.3 Å². The highest BCUT2D eigenvalue weighted by atomic mass is 35.5. The molecule has 0 bridgehead atoms. The van der Waals surface area contributed by atoms with Crippen LogP contribution in [0.2, 0.25) is 0 Å². The van der Waals surface area contributed by atoms with Crippen molar-refractivity contribution >= 4 is 24.3 Å². The summed E-state index contributed by atoms with van der Waals surface area (Å²) in [7, 11) is 0. The van der Waals surface area contributed by atoms with Crippen LogP contribution in [-0.4, -0.2) is 23.5 Å². The van der Waals surface area contributed by atoms with E-state index < -0.39 is 23.5 Å². The maximum atomic E-state index is 11.1. The number of rotatable bonds is 3. The number of nitrogens with two attached hydrogens (primary N) is 2. The number of halogens is 1. The predicted octanol–water partition coefficient (Wildman–Crippen LogP) is -0.0474. The smallest absolute Gasteiger partial charge is 0.323 e. The third-order valence-corrected chi connectivity index (χ3v) is 1.13. The minimum Gasteiger partial charge on any atom is -0.459 e. The number of hydrogen-bond acceptors (Lipinski definition) is 4. The number of esters is 1. The average molecular weight is 225 g/mol. The van der Waals surface area contributed by atoms with Gasteiger partial charge in [-0.3, -0.25) is 9.59 Å². The molecule has 0 aliphatic heterocycles. The van der Waals surface area contributed by atoms with Crippen molar-refractivity contribution in [2.75, 3.05) is 0 Å². The Balaban J connectivity index is 0. The van der Waals surface area contributed by atoms with Gasteiger partial charge in [0, 0.05) is 0 Å². The fourth-order valence-corrected chi connectivity index (χ4v) is 0.678. The highest BCUT2D eigenvalue weighted by Crippen LogP contribution is 2.08. The van der Waals surface area contributed by atoms with Crippen LogP contribution < -0.4 is 11.5 Å². The van der Waals surface area contributed by atoms with Crippen molar-refractivity contribution in [2.24, 2.45) is 11.5 Å². The molecule has 5 nitrogen and oxygen atoms in total. The number of carbonyl (C=O) groups excluding carboxylic acids is 2. The van der Waals surface area contributed by atoms with E-state index in [1.54, 1.807) is 20.8 Å². The van der Waals surface area contributed by atoms with Gasteiger partial charge >= 0.3 is 5.97 Å². The van der Waals surface area contributed by atoms with Crippen LogP contribution in [0.4, 0.5) is 0 Å². The van der Waals surface area contributed by atoms with E-state index in [2.05, 4.69) is 0 Å². The second kappa shape index (κ2) is 5.82. The second-order valence-corrected chi connectivity index (χ2v) is 3.81. The maximum Gasteiger partial charge on any atom is 0.323 e. The first-order valence-corrected chi connectivity index (χ1v) is 3.99. The fourth-order valence-electron chi connectivity index (χ4n) is 0.678. The number of carbonyl (C=O) groups is 2. The molecule has 0 radical (unpaired) electrons. The molecule has 4 N–H and O–H groups in total. The molecular weight excluding hydrogens is 208 g/mol. The largest absolute Gasteiger partial charge is 0.459 e. The normalized spacial score (nSPS) is 12.6. The van der Waals surface area contributed by atoms with E-state index in [1.165, 1.54) is 0 Å². The summed E-state index contributed by atoms with van der Waals surface area (Å²) in [5.74, 6) is -1.22. The van der Waals surface area contributed by atoms with Gasteiger partial charge in [0.15, 0.2) is 0 Å². The molecule has 84 valence electrons. The van der Waals surface area contributed by atoms with Crippen molar-refractivity contribution < 1.29 is 14.3 Å². The Morgan fingerprint density at radius 3 is 2.07 bits per heavy atom. The Bertz CT molecular complexity index is 213. The van der Waals surface area contributed by atoms with E-state index in [-0.39, 0.29) is 18.8 Å². The van der Waals surface area contributed by atoms with Gasteiger partial charge in [-0.15, -0.1) is 12.4 Å². The lowest BCUT2D eigenvalue weighted by Crippen LogP contribution is -2.40. The lowest BCUT2D eigenvalue weighted by Gasteiger charge is -2.21. The molecule has 0 heterocycles. The van der Waals surface area contributed by atoms with Crippen molar-refractivity contribution in [3.8, 4) is 0 Å². The zero-order chi connectivity index (χ0) is 10.6. The van der Waals surface area contributed by atoms with Gasteiger partial charge in [0.25, 0.3) is 0 Å². The fraction of sp³-hybridized carbons (Fsp3) is 0.750. The van der Waals surface area contributed by atoms with E-state index in [1.807, 2.05) is 0 Å². The molecule has 0 fully saturated rings. The third kappa shape index (κ3) is 7.82. The van der Waals surface area contributed by atoms with E-state index in [0.717, 1.165) is 0 Å². The third-order valence-electron chi connectivity index (χ3n) is 1.13. The van der Waals surface area contributed by atoms with Crippen molar-refractivity contribution in [1.82, 2.24) is 0 Å². The summed E-state index contributed by atoms with van der Waals surface area (Å²) >= 11 is 0. The van der Waals surface area contributed by atoms with Crippen LogP contribution in [0.1, 0.15) is 27.2 Å². The van der Waals surface area contributed by atoms with Crippen molar-refractivity contribution in [3.63, 3.8) is 0 Å². The number of amides is 1. The molecule has 0 saturated carbocycles. The number of hydrogen-bond donors (Lipinski definition) is 2. The first-order chi connectivity index (χ1) is 5.72. The van der Waals surface area contributed by atoms with Crippen molar-refractivity contribution in [1.29, 1.82) is 0 Å². The van der Waals surface area contributed by atoms with Crippen LogP contribution >= 0.6 is 12.4 Å². The van der Waals surface area contributed by atoms with Crippen LogP contribution in [0, 0.1) is 0 Å². The molecule has 0 aromatic heterocycles. The summed E-state index contributed by atoms with van der Waals surface area (Å²) in [6, 6.07) is -0.961. The minimum atomic E-state index is -0.961. The molecular formula is C8H17ClN2O3. The SMILES string of the molecule is CC(C)(C)OC(=O)[C@@H](N)CC(N)=O.Cl. The summed E-state index contributed by atoms with van der Waals surface area (Å²) in [6.07, 6.45) is -0.186. The van der Waals surface area contributed by atoms with Gasteiger partial charge in [-0.2, -0.15) is 0 Å². The van der Waals surface area contributed by atoms with Gasteiger partial charge in [-0.05, 0) is 20.8 Å². The summed E-state index contributed by atoms with van der Waals surface area (Å²) in [4.78, 5) is 21.6. The maximum absolute atomic E-state index is 11.1. The summed E-state index contributed by atoms with van der Waals surface area (Å²) in [5, 5.41) is 0. The molecule has 0 aromatic carbocycles. The zero-order valence-corrected chi connectivity index (χ0v) is 9.39. The van der Waals surface area contributed by atoms with Crippen LogP contribution in [0.25, 0.3) is 0 Å². The highest BCUT2D eigenvalue weighted by molar-refractivity contribution is 5.85. The van der Waals surface area contributed by atoms with E-state index in [9.17, 15) is 9.59 Å². The van der Waals surface area contributed by atoms with E-state index in [4.69, 9.17) is 16.2 Å². The van der Waals surface area contributed by atoms with Crippen LogP contribution in [0.5, 0.6) is 0 Å². The zero-order valence-electron chi connectivity index (χ0n) is 8.57. The lowest BCUT2D eigenvalue weighted by molar-refractivity contribution is -0.157. The first kappa shape index (κ1) is 15.7. The van der Waals surface area contributed by atoms with Gasteiger partial charge in [0.05, 0.1) is 6.42 Å². The van der Waals surface area contributed by atoms with Gasteiger partial charge in [0.1, 0.15) is 11.6 Å². The molecule has 0 rings (SSSR count). The van der Waals surface area contributed by atoms with E-state index >= 15 is 0 Å². The number of primary amides is 1. The second-order valence-electron chi connectivity index (χ2n) is 3.81. The topological polar surface area (TPSA) is 95.4 Å². The average Bonchev–Trinajstić information content (AvgIpc) is 1.81. The molecule has 14 heavy (non-hydrogen) atoms. The predicted molar refractivity (Wildman–Crippen MR) is 54.9 cm³/mol. The molecule has 0 saturated heterocycles. The highest BCUT2D eigenvalue weighted by Gasteiger charge is 2.23. The Morgan fingerprint density at radius 2 is 1.79 bits per heavy atom. The van der Waals surface area contributed by atoms with Gasteiger partial charge in [-0.1, -0.05) is 0 Å². The molecule has 6 heteroatoms. The summed E-state index contributed by atoms with van der Waals surface area (Å²) in [6.45, 7) is 5.17.